The summed E-state index contributed by atoms with van der Waals surface area (Å²) in [6, 6.07) is 9.87. The Bertz CT molecular complexity index is 1470. The van der Waals surface area contributed by atoms with Crippen molar-refractivity contribution >= 4 is 22.1 Å². The third-order valence-corrected chi connectivity index (χ3v) is 4.80. The van der Waals surface area contributed by atoms with Crippen molar-refractivity contribution in [3.05, 3.63) is 70.5 Å². The summed E-state index contributed by atoms with van der Waals surface area (Å²) in [5.74, 6) is -0.434. The van der Waals surface area contributed by atoms with Crippen LogP contribution in [0.4, 0.5) is 4.39 Å². The van der Waals surface area contributed by atoms with Crippen LogP contribution in [-0.4, -0.2) is 29.7 Å². The summed E-state index contributed by atoms with van der Waals surface area (Å²) in [5, 5.41) is 5.12. The number of aromatic nitrogens is 6. The van der Waals surface area contributed by atoms with Crippen LogP contribution in [0.1, 0.15) is 5.56 Å². The average Bonchev–Trinajstić information content (AvgIpc) is 3.14. The number of hydrogen-bond donors (Lipinski definition) is 1. The van der Waals surface area contributed by atoms with Crippen molar-refractivity contribution in [2.45, 2.75) is 6.92 Å². The number of rotatable bonds is 2. The van der Waals surface area contributed by atoms with Gasteiger partial charge < -0.3 is 4.98 Å². The molecule has 1 aromatic carbocycles. The Morgan fingerprint density at radius 3 is 2.72 bits per heavy atom. The highest BCUT2D eigenvalue weighted by molar-refractivity contribution is 5.90. The third-order valence-electron chi connectivity index (χ3n) is 4.80. The Balaban J connectivity index is 1.86. The second kappa shape index (κ2) is 6.30. The molecule has 0 saturated heterocycles. The van der Waals surface area contributed by atoms with Crippen LogP contribution < -0.4 is 5.56 Å². The molecule has 1 N–H and O–H groups in total. The Morgan fingerprint density at radius 2 is 1.93 bits per heavy atom. The Hall–Kier alpha value is -3.94. The van der Waals surface area contributed by atoms with Gasteiger partial charge in [0, 0.05) is 36.5 Å². The molecule has 142 valence electrons. The van der Waals surface area contributed by atoms with Crippen LogP contribution in [0.5, 0.6) is 0 Å². The number of benzene rings is 1. The van der Waals surface area contributed by atoms with Crippen LogP contribution in [0, 0.1) is 12.7 Å². The lowest BCUT2D eigenvalue weighted by atomic mass is 10.0. The molecule has 0 aliphatic carbocycles. The van der Waals surface area contributed by atoms with E-state index in [1.54, 1.807) is 36.3 Å². The first-order valence-electron chi connectivity index (χ1n) is 8.96. The van der Waals surface area contributed by atoms with Gasteiger partial charge in [0.2, 0.25) is 5.56 Å². The summed E-state index contributed by atoms with van der Waals surface area (Å²) in [6.45, 7) is 1.91. The largest absolute Gasteiger partial charge is 0.305 e. The Kier molecular flexibility index (Phi) is 3.73. The number of H-pyrrole nitrogens is 1. The van der Waals surface area contributed by atoms with Gasteiger partial charge >= 0.3 is 0 Å². The number of pyridine rings is 2. The van der Waals surface area contributed by atoms with E-state index in [2.05, 4.69) is 25.0 Å². The summed E-state index contributed by atoms with van der Waals surface area (Å²) in [6.07, 6.45) is 3.37. The molecule has 5 aromatic rings. The molecule has 4 aromatic heterocycles. The third kappa shape index (κ3) is 2.85. The standard InChI is InChI=1S/C21H15FN6O/c1-11-5-7-23-19-13(11)9-12(10-14(19)22)18-20(15-6-8-28(2)27-15)26-21-16(24-18)3-4-17(29)25-21/h3-10H,1-2H3,(H,25,26,29). The highest BCUT2D eigenvalue weighted by Crippen LogP contribution is 2.32. The molecule has 0 fully saturated rings. The number of halogens is 1. The second-order valence-electron chi connectivity index (χ2n) is 6.83. The van der Waals surface area contributed by atoms with Crippen molar-refractivity contribution in [1.29, 1.82) is 0 Å². The lowest BCUT2D eigenvalue weighted by Gasteiger charge is -2.11. The molecule has 0 saturated carbocycles. The Morgan fingerprint density at radius 1 is 1.07 bits per heavy atom. The van der Waals surface area contributed by atoms with Crippen molar-refractivity contribution in [1.82, 2.24) is 29.7 Å². The predicted molar refractivity (Wildman–Crippen MR) is 108 cm³/mol. The van der Waals surface area contributed by atoms with Crippen LogP contribution in [0.15, 0.2) is 53.6 Å². The minimum Gasteiger partial charge on any atom is -0.305 e. The molecular weight excluding hydrogens is 371 g/mol. The van der Waals surface area contributed by atoms with Crippen molar-refractivity contribution in [2.24, 2.45) is 7.05 Å². The van der Waals surface area contributed by atoms with Crippen molar-refractivity contribution in [3.8, 4) is 22.6 Å². The van der Waals surface area contributed by atoms with E-state index in [1.165, 1.54) is 12.1 Å². The van der Waals surface area contributed by atoms with Crippen molar-refractivity contribution in [2.75, 3.05) is 0 Å². The van der Waals surface area contributed by atoms with Crippen LogP contribution in [0.2, 0.25) is 0 Å². The highest BCUT2D eigenvalue weighted by Gasteiger charge is 2.18. The molecule has 0 spiro atoms. The van der Waals surface area contributed by atoms with Gasteiger partial charge in [0.05, 0.1) is 5.69 Å². The number of aryl methyl sites for hydroxylation is 2. The van der Waals surface area contributed by atoms with E-state index in [0.29, 0.717) is 44.7 Å². The normalized spacial score (nSPS) is 11.4. The summed E-state index contributed by atoms with van der Waals surface area (Å²) in [5.41, 5.74) is 3.87. The number of aromatic amines is 1. The minimum atomic E-state index is -0.434. The van der Waals surface area contributed by atoms with E-state index in [0.717, 1.165) is 5.56 Å². The summed E-state index contributed by atoms with van der Waals surface area (Å²) in [4.78, 5) is 27.8. The molecule has 29 heavy (non-hydrogen) atoms. The van der Waals surface area contributed by atoms with Gasteiger partial charge in [0.1, 0.15) is 28.2 Å². The zero-order chi connectivity index (χ0) is 20.1. The van der Waals surface area contributed by atoms with Gasteiger partial charge in [0.25, 0.3) is 0 Å². The van der Waals surface area contributed by atoms with E-state index in [1.807, 2.05) is 19.1 Å². The number of nitrogens with one attached hydrogen (secondary N) is 1. The quantitative estimate of drug-likeness (QED) is 0.502. The van der Waals surface area contributed by atoms with Gasteiger partial charge in [-0.2, -0.15) is 5.10 Å². The second-order valence-corrected chi connectivity index (χ2v) is 6.83. The maximum Gasteiger partial charge on any atom is 0.249 e. The molecule has 4 heterocycles. The molecule has 7 nitrogen and oxygen atoms in total. The van der Waals surface area contributed by atoms with Gasteiger partial charge in [-0.25, -0.2) is 14.4 Å². The molecule has 5 rings (SSSR count). The topological polar surface area (TPSA) is 89.4 Å². The minimum absolute atomic E-state index is 0.273. The summed E-state index contributed by atoms with van der Waals surface area (Å²) >= 11 is 0. The van der Waals surface area contributed by atoms with Crippen LogP contribution in [0.25, 0.3) is 44.7 Å². The number of nitrogens with zero attached hydrogens (tertiary/aromatic N) is 5. The van der Waals surface area contributed by atoms with E-state index >= 15 is 0 Å². The lowest BCUT2D eigenvalue weighted by molar-refractivity contribution is 0.637. The molecular formula is C21H15FN6O. The maximum absolute atomic E-state index is 14.8. The first-order valence-corrected chi connectivity index (χ1v) is 8.96. The van der Waals surface area contributed by atoms with Crippen molar-refractivity contribution < 1.29 is 4.39 Å². The summed E-state index contributed by atoms with van der Waals surface area (Å²) < 4.78 is 16.5. The molecule has 0 aliphatic rings. The summed E-state index contributed by atoms with van der Waals surface area (Å²) in [7, 11) is 1.80. The number of fused-ring (bicyclic) bond motifs is 2. The van der Waals surface area contributed by atoms with Crippen LogP contribution in [0.3, 0.4) is 0 Å². The molecule has 0 amide bonds. The van der Waals surface area contributed by atoms with E-state index < -0.39 is 5.82 Å². The van der Waals surface area contributed by atoms with Crippen molar-refractivity contribution in [3.63, 3.8) is 0 Å². The SMILES string of the molecule is Cc1ccnc2c(F)cc(-c3nc4ccc(=O)[nH]c4nc3-c3ccn(C)n3)cc12. The smallest absolute Gasteiger partial charge is 0.249 e. The highest BCUT2D eigenvalue weighted by atomic mass is 19.1. The van der Waals surface area contributed by atoms with E-state index in [9.17, 15) is 9.18 Å². The van der Waals surface area contributed by atoms with E-state index in [-0.39, 0.29) is 5.56 Å². The van der Waals surface area contributed by atoms with Gasteiger partial charge in [-0.1, -0.05) is 0 Å². The maximum atomic E-state index is 14.8. The van der Waals surface area contributed by atoms with Crippen LogP contribution >= 0.6 is 0 Å². The fraction of sp³-hybridized carbons (Fsp3) is 0.0952. The van der Waals surface area contributed by atoms with E-state index in [4.69, 9.17) is 0 Å². The molecule has 0 radical (unpaired) electrons. The van der Waals surface area contributed by atoms with Gasteiger partial charge in [0.15, 0.2) is 5.65 Å². The van der Waals surface area contributed by atoms with Gasteiger partial charge in [-0.05, 0) is 42.8 Å². The molecule has 0 bridgehead atoms. The zero-order valence-corrected chi connectivity index (χ0v) is 15.6. The fourth-order valence-corrected chi connectivity index (χ4v) is 3.37. The fourth-order valence-electron chi connectivity index (χ4n) is 3.37. The van der Waals surface area contributed by atoms with Crippen LogP contribution in [-0.2, 0) is 7.05 Å². The average molecular weight is 386 g/mol. The number of hydrogen-bond acceptors (Lipinski definition) is 5. The van der Waals surface area contributed by atoms with Gasteiger partial charge in [-0.15, -0.1) is 0 Å². The molecule has 8 heteroatoms. The molecule has 0 atom stereocenters. The monoisotopic (exact) mass is 386 g/mol. The van der Waals surface area contributed by atoms with Gasteiger partial charge in [-0.3, -0.25) is 14.5 Å². The first-order chi connectivity index (χ1) is 14.0. The first kappa shape index (κ1) is 17.2. The molecule has 0 aliphatic heterocycles. The molecule has 0 unspecified atom stereocenters. The predicted octanol–water partition coefficient (Wildman–Crippen LogP) is 3.38. The zero-order valence-electron chi connectivity index (χ0n) is 15.6. The lowest BCUT2D eigenvalue weighted by Crippen LogP contribution is -2.06. The Labute approximate surface area is 163 Å².